The minimum Gasteiger partial charge on any atom is -0.445 e. The normalized spacial score (nSPS) is 25.9. The molecule has 2 atom stereocenters. The Morgan fingerprint density at radius 3 is 2.38 bits per heavy atom. The summed E-state index contributed by atoms with van der Waals surface area (Å²) in [6.07, 6.45) is 0.645. The molecule has 2 amide bonds. The molecule has 1 aromatic rings. The maximum absolute atomic E-state index is 12.6. The summed E-state index contributed by atoms with van der Waals surface area (Å²) in [4.78, 5) is 30.6. The third-order valence-corrected chi connectivity index (χ3v) is 4.61. The summed E-state index contributed by atoms with van der Waals surface area (Å²) in [7, 11) is 0. The van der Waals surface area contributed by atoms with Gasteiger partial charge in [0.1, 0.15) is 11.4 Å². The number of nitrogens with one attached hydrogen (secondary N) is 1. The Balaban J connectivity index is 1.58. The zero-order valence-electron chi connectivity index (χ0n) is 14.9. The predicted molar refractivity (Wildman–Crippen MR) is 86.6 cm³/mol. The van der Waals surface area contributed by atoms with Gasteiger partial charge in [-0.2, -0.15) is 0 Å². The van der Waals surface area contributed by atoms with Crippen LogP contribution in [0.1, 0.15) is 49.3 Å². The molecular formula is C17H25N3O4. The van der Waals surface area contributed by atoms with E-state index in [4.69, 9.17) is 9.15 Å². The smallest absolute Gasteiger partial charge is 0.407 e. The van der Waals surface area contributed by atoms with E-state index in [0.29, 0.717) is 30.4 Å². The molecule has 1 N–H and O–H groups in total. The van der Waals surface area contributed by atoms with Crippen LogP contribution in [0.5, 0.6) is 0 Å². The van der Waals surface area contributed by atoms with Crippen molar-refractivity contribution in [3.05, 3.63) is 17.3 Å². The molecule has 132 valence electrons. The van der Waals surface area contributed by atoms with Crippen LogP contribution < -0.4 is 5.32 Å². The number of fused-ring (bicyclic) bond motifs is 2. The molecule has 0 spiro atoms. The lowest BCUT2D eigenvalue weighted by molar-refractivity contribution is -0.0153. The van der Waals surface area contributed by atoms with Gasteiger partial charge in [-0.05, 0) is 46.0 Å². The Labute approximate surface area is 141 Å². The number of aromatic nitrogens is 1. The van der Waals surface area contributed by atoms with Gasteiger partial charge in [-0.25, -0.2) is 9.78 Å². The van der Waals surface area contributed by atoms with Crippen LogP contribution in [0.2, 0.25) is 0 Å². The molecule has 3 fully saturated rings. The molecule has 0 radical (unpaired) electrons. The summed E-state index contributed by atoms with van der Waals surface area (Å²) in [5, 5.41) is 2.96. The van der Waals surface area contributed by atoms with Gasteiger partial charge in [0.15, 0.2) is 11.6 Å². The van der Waals surface area contributed by atoms with Gasteiger partial charge in [-0.3, -0.25) is 4.79 Å². The molecule has 2 saturated heterocycles. The average molecular weight is 335 g/mol. The fourth-order valence-electron chi connectivity index (χ4n) is 3.61. The van der Waals surface area contributed by atoms with E-state index in [1.807, 2.05) is 25.7 Å². The molecule has 0 aromatic carbocycles. The first-order valence-corrected chi connectivity index (χ1v) is 8.37. The fraction of sp³-hybridized carbons (Fsp3) is 0.706. The monoisotopic (exact) mass is 335 g/mol. The highest BCUT2D eigenvalue weighted by molar-refractivity contribution is 5.93. The van der Waals surface area contributed by atoms with Gasteiger partial charge in [0, 0.05) is 26.1 Å². The zero-order valence-corrected chi connectivity index (χ0v) is 14.9. The topological polar surface area (TPSA) is 84.7 Å². The quantitative estimate of drug-likeness (QED) is 0.896. The van der Waals surface area contributed by atoms with Crippen molar-refractivity contribution in [1.29, 1.82) is 0 Å². The van der Waals surface area contributed by atoms with E-state index in [2.05, 4.69) is 10.3 Å². The molecule has 1 aromatic heterocycles. The fourth-order valence-corrected chi connectivity index (χ4v) is 3.61. The number of carbonyl (C=O) groups excluding carboxylic acids is 2. The second-order valence-electron chi connectivity index (χ2n) is 7.78. The number of alkyl carbamates (subject to hydrolysis) is 1. The minimum atomic E-state index is -0.507. The second kappa shape index (κ2) is 5.79. The molecule has 3 aliphatic rings. The predicted octanol–water partition coefficient (Wildman–Crippen LogP) is 2.28. The van der Waals surface area contributed by atoms with Crippen LogP contribution >= 0.6 is 0 Å². The standard InChI is InChI=1S/C17H25N3O4/c1-9-13(18-10(2)23-9)15(21)20-7-11-6-12(8-20)14(11)19-16(22)24-17(3,4)5/h11-12,14H,6-8H2,1-5H3,(H,19,22). The molecule has 7 nitrogen and oxygen atoms in total. The van der Waals surface area contributed by atoms with E-state index < -0.39 is 5.60 Å². The van der Waals surface area contributed by atoms with Gasteiger partial charge in [0.25, 0.3) is 5.91 Å². The number of oxazole rings is 1. The Bertz CT molecular complexity index is 649. The van der Waals surface area contributed by atoms with Crippen molar-refractivity contribution in [1.82, 2.24) is 15.2 Å². The molecule has 1 saturated carbocycles. The summed E-state index contributed by atoms with van der Waals surface area (Å²) in [5.74, 6) is 1.51. The summed E-state index contributed by atoms with van der Waals surface area (Å²) in [6.45, 7) is 10.3. The maximum atomic E-state index is 12.6. The number of rotatable bonds is 2. The van der Waals surface area contributed by atoms with E-state index in [0.717, 1.165) is 6.42 Å². The third-order valence-electron chi connectivity index (χ3n) is 4.61. The van der Waals surface area contributed by atoms with E-state index in [1.54, 1.807) is 13.8 Å². The molecule has 2 bridgehead atoms. The zero-order chi connectivity index (χ0) is 17.6. The number of amides is 2. The van der Waals surface area contributed by atoms with Gasteiger partial charge in [0.2, 0.25) is 0 Å². The van der Waals surface area contributed by atoms with Crippen molar-refractivity contribution in [3.8, 4) is 0 Å². The number of nitrogens with zero attached hydrogens (tertiary/aromatic N) is 2. The molecule has 7 heteroatoms. The second-order valence-corrected chi connectivity index (χ2v) is 7.78. The van der Waals surface area contributed by atoms with Crippen LogP contribution in [0.25, 0.3) is 0 Å². The first kappa shape index (κ1) is 16.8. The Morgan fingerprint density at radius 2 is 1.88 bits per heavy atom. The van der Waals surface area contributed by atoms with Crippen molar-refractivity contribution in [2.24, 2.45) is 11.8 Å². The first-order chi connectivity index (χ1) is 11.1. The van der Waals surface area contributed by atoms with Crippen LogP contribution in [0.4, 0.5) is 4.79 Å². The summed E-state index contributed by atoms with van der Waals surface area (Å²) in [5.41, 5.74) is -0.113. The summed E-state index contributed by atoms with van der Waals surface area (Å²) < 4.78 is 10.7. The highest BCUT2D eigenvalue weighted by Crippen LogP contribution is 2.40. The Morgan fingerprint density at radius 1 is 1.25 bits per heavy atom. The molecular weight excluding hydrogens is 310 g/mol. The van der Waals surface area contributed by atoms with Gasteiger partial charge in [-0.1, -0.05) is 0 Å². The van der Waals surface area contributed by atoms with E-state index in [-0.39, 0.29) is 29.9 Å². The lowest BCUT2D eigenvalue weighted by Gasteiger charge is -2.53. The van der Waals surface area contributed by atoms with Crippen molar-refractivity contribution in [3.63, 3.8) is 0 Å². The lowest BCUT2D eigenvalue weighted by Crippen LogP contribution is -2.65. The van der Waals surface area contributed by atoms with Gasteiger partial charge in [0.05, 0.1) is 0 Å². The largest absolute Gasteiger partial charge is 0.445 e. The van der Waals surface area contributed by atoms with Crippen molar-refractivity contribution in [2.75, 3.05) is 13.1 Å². The molecule has 24 heavy (non-hydrogen) atoms. The number of hydrogen-bond acceptors (Lipinski definition) is 5. The van der Waals surface area contributed by atoms with Crippen molar-refractivity contribution in [2.45, 2.75) is 52.7 Å². The van der Waals surface area contributed by atoms with E-state index in [1.165, 1.54) is 0 Å². The first-order valence-electron chi connectivity index (χ1n) is 8.37. The number of aryl methyl sites for hydroxylation is 2. The number of piperidine rings is 2. The summed E-state index contributed by atoms with van der Waals surface area (Å²) in [6, 6.07) is 0.0871. The van der Waals surface area contributed by atoms with Crippen LogP contribution in [0.15, 0.2) is 4.42 Å². The van der Waals surface area contributed by atoms with Crippen molar-refractivity contribution < 1.29 is 18.7 Å². The van der Waals surface area contributed by atoms with Gasteiger partial charge >= 0.3 is 6.09 Å². The molecule has 2 unspecified atom stereocenters. The van der Waals surface area contributed by atoms with E-state index in [9.17, 15) is 9.59 Å². The number of hydrogen-bond donors (Lipinski definition) is 1. The molecule has 4 rings (SSSR count). The average Bonchev–Trinajstić information content (AvgIpc) is 2.81. The van der Waals surface area contributed by atoms with Crippen LogP contribution in [0, 0.1) is 25.7 Å². The number of ether oxygens (including phenoxy) is 1. The van der Waals surface area contributed by atoms with Gasteiger partial charge in [-0.15, -0.1) is 0 Å². The van der Waals surface area contributed by atoms with Crippen LogP contribution in [0.3, 0.4) is 0 Å². The van der Waals surface area contributed by atoms with Crippen molar-refractivity contribution >= 4 is 12.0 Å². The van der Waals surface area contributed by atoms with Crippen LogP contribution in [-0.4, -0.2) is 46.6 Å². The molecule has 3 heterocycles. The molecule has 2 aliphatic heterocycles. The summed E-state index contributed by atoms with van der Waals surface area (Å²) >= 11 is 0. The SMILES string of the molecule is Cc1nc(C(=O)N2CC3CC(C2)C3NC(=O)OC(C)(C)C)c(C)o1. The highest BCUT2D eigenvalue weighted by Gasteiger charge is 2.49. The number of carbonyl (C=O) groups is 2. The molecule has 1 aliphatic carbocycles. The van der Waals surface area contributed by atoms with Gasteiger partial charge < -0.3 is 19.4 Å². The third kappa shape index (κ3) is 3.25. The lowest BCUT2D eigenvalue weighted by atomic mass is 9.66. The Kier molecular flexibility index (Phi) is 4.05. The minimum absolute atomic E-state index is 0.0871. The van der Waals surface area contributed by atoms with E-state index >= 15 is 0 Å². The maximum Gasteiger partial charge on any atom is 0.407 e. The Hall–Kier alpha value is -2.05. The highest BCUT2D eigenvalue weighted by atomic mass is 16.6. The van der Waals surface area contributed by atoms with Crippen LogP contribution in [-0.2, 0) is 4.74 Å².